The molecule has 1 rings (SSSR count). The summed E-state index contributed by atoms with van der Waals surface area (Å²) in [5.41, 5.74) is -1.17. The second-order valence-electron chi connectivity index (χ2n) is 7.63. The van der Waals surface area contributed by atoms with Crippen LogP contribution < -0.4 is 0 Å². The lowest BCUT2D eigenvalue weighted by Crippen LogP contribution is -2.46. The number of carbonyl (C=O) groups excluding carboxylic acids is 3. The van der Waals surface area contributed by atoms with Gasteiger partial charge >= 0.3 is 12.1 Å². The van der Waals surface area contributed by atoms with Gasteiger partial charge in [0.2, 0.25) is 0 Å². The number of Topliss-reactive ketones (excluding diaryl/α,β-unsaturated/α-hetero) is 1. The zero-order valence-corrected chi connectivity index (χ0v) is 14.4. The maximum absolute atomic E-state index is 12.1. The minimum atomic E-state index is -0.584. The molecule has 1 aliphatic rings. The number of esters is 1. The summed E-state index contributed by atoms with van der Waals surface area (Å²) in [6.07, 6.45) is -0.212. The summed E-state index contributed by atoms with van der Waals surface area (Å²) in [4.78, 5) is 37.4. The lowest BCUT2D eigenvalue weighted by atomic mass is 9.93. The Bertz CT molecular complexity index is 444. The highest BCUT2D eigenvalue weighted by Gasteiger charge is 2.34. The van der Waals surface area contributed by atoms with Crippen LogP contribution in [-0.4, -0.2) is 47.0 Å². The van der Waals surface area contributed by atoms with Gasteiger partial charge in [0.1, 0.15) is 17.0 Å². The van der Waals surface area contributed by atoms with E-state index in [-0.39, 0.29) is 25.2 Å². The molecule has 126 valence electrons. The molecular weight excluding hydrogens is 286 g/mol. The van der Waals surface area contributed by atoms with E-state index in [1.807, 2.05) is 0 Å². The molecule has 0 saturated carbocycles. The van der Waals surface area contributed by atoms with E-state index < -0.39 is 29.2 Å². The Morgan fingerprint density at radius 2 is 1.64 bits per heavy atom. The fourth-order valence-electron chi connectivity index (χ4n) is 2.16. The Labute approximate surface area is 132 Å². The van der Waals surface area contributed by atoms with Crippen LogP contribution in [-0.2, 0) is 19.1 Å². The van der Waals surface area contributed by atoms with Crippen LogP contribution in [0.3, 0.4) is 0 Å². The molecule has 6 heteroatoms. The molecule has 0 spiro atoms. The number of nitrogens with zero attached hydrogens (tertiary/aromatic N) is 1. The highest BCUT2D eigenvalue weighted by Crippen LogP contribution is 2.21. The van der Waals surface area contributed by atoms with E-state index in [1.54, 1.807) is 41.5 Å². The van der Waals surface area contributed by atoms with E-state index in [1.165, 1.54) is 4.90 Å². The Morgan fingerprint density at radius 3 is 2.14 bits per heavy atom. The first-order valence-electron chi connectivity index (χ1n) is 7.60. The molecule has 1 aliphatic heterocycles. The number of amides is 1. The van der Waals surface area contributed by atoms with Gasteiger partial charge in [0, 0.05) is 25.4 Å². The predicted molar refractivity (Wildman–Crippen MR) is 81.4 cm³/mol. The molecule has 0 aliphatic carbocycles. The van der Waals surface area contributed by atoms with Crippen molar-refractivity contribution in [3.8, 4) is 0 Å². The summed E-state index contributed by atoms with van der Waals surface area (Å²) < 4.78 is 10.5. The van der Waals surface area contributed by atoms with Crippen LogP contribution in [0.1, 0.15) is 54.4 Å². The molecule has 6 nitrogen and oxygen atoms in total. The van der Waals surface area contributed by atoms with Crippen molar-refractivity contribution in [3.05, 3.63) is 0 Å². The Kier molecular flexibility index (Phi) is 5.59. The van der Waals surface area contributed by atoms with Crippen LogP contribution >= 0.6 is 0 Å². The van der Waals surface area contributed by atoms with Crippen molar-refractivity contribution < 1.29 is 23.9 Å². The first kappa shape index (κ1) is 18.5. The standard InChI is InChI=1S/C16H27NO5/c1-15(2,3)21-13(19)9-11-10-17(8-7-12(11)18)14(20)22-16(4,5)6/h11H,7-10H2,1-6H3/t11-/m0/s1. The van der Waals surface area contributed by atoms with Gasteiger partial charge in [-0.15, -0.1) is 0 Å². The van der Waals surface area contributed by atoms with Crippen molar-refractivity contribution in [2.24, 2.45) is 5.92 Å². The van der Waals surface area contributed by atoms with Gasteiger partial charge in [0.05, 0.1) is 6.42 Å². The fourth-order valence-corrected chi connectivity index (χ4v) is 2.16. The number of piperidine rings is 1. The third-order valence-corrected chi connectivity index (χ3v) is 3.01. The highest BCUT2D eigenvalue weighted by molar-refractivity contribution is 5.87. The van der Waals surface area contributed by atoms with Crippen LogP contribution in [0.15, 0.2) is 0 Å². The van der Waals surface area contributed by atoms with Gasteiger partial charge in [-0.05, 0) is 41.5 Å². The monoisotopic (exact) mass is 313 g/mol. The maximum atomic E-state index is 12.1. The van der Waals surface area contributed by atoms with Gasteiger partial charge in [-0.2, -0.15) is 0 Å². The van der Waals surface area contributed by atoms with E-state index in [2.05, 4.69) is 0 Å². The molecule has 0 aromatic rings. The number of likely N-dealkylation sites (tertiary alicyclic amines) is 1. The van der Waals surface area contributed by atoms with Crippen LogP contribution in [0.2, 0.25) is 0 Å². The zero-order chi connectivity index (χ0) is 17.1. The molecule has 1 saturated heterocycles. The molecule has 0 aromatic heterocycles. The first-order valence-corrected chi connectivity index (χ1v) is 7.60. The average Bonchev–Trinajstić information content (AvgIpc) is 2.27. The molecule has 0 radical (unpaired) electrons. The predicted octanol–water partition coefficient (Wildman–Crippen LogP) is 2.54. The minimum absolute atomic E-state index is 0.00456. The van der Waals surface area contributed by atoms with Crippen molar-refractivity contribution in [1.29, 1.82) is 0 Å². The SMILES string of the molecule is CC(C)(C)OC(=O)C[C@H]1CN(C(=O)OC(C)(C)C)CCC1=O. The lowest BCUT2D eigenvalue weighted by Gasteiger charge is -2.33. The summed E-state index contributed by atoms with van der Waals surface area (Å²) >= 11 is 0. The molecule has 1 atom stereocenters. The van der Waals surface area contributed by atoms with Gasteiger partial charge < -0.3 is 14.4 Å². The summed E-state index contributed by atoms with van der Waals surface area (Å²) in [7, 11) is 0. The Morgan fingerprint density at radius 1 is 1.09 bits per heavy atom. The largest absolute Gasteiger partial charge is 0.460 e. The summed E-state index contributed by atoms with van der Waals surface area (Å²) in [6.45, 7) is 11.2. The van der Waals surface area contributed by atoms with E-state index in [0.29, 0.717) is 6.54 Å². The molecular formula is C16H27NO5. The number of hydrogen-bond acceptors (Lipinski definition) is 5. The normalized spacial score (nSPS) is 19.8. The second-order valence-corrected chi connectivity index (χ2v) is 7.63. The third kappa shape index (κ3) is 6.45. The number of hydrogen-bond donors (Lipinski definition) is 0. The number of ketones is 1. The highest BCUT2D eigenvalue weighted by atomic mass is 16.6. The molecule has 1 amide bonds. The van der Waals surface area contributed by atoms with Gasteiger partial charge in [0.15, 0.2) is 0 Å². The number of ether oxygens (including phenoxy) is 2. The molecule has 0 unspecified atom stereocenters. The second kappa shape index (κ2) is 6.67. The van der Waals surface area contributed by atoms with Crippen molar-refractivity contribution in [1.82, 2.24) is 4.90 Å². The van der Waals surface area contributed by atoms with Gasteiger partial charge in [0.25, 0.3) is 0 Å². The third-order valence-electron chi connectivity index (χ3n) is 3.01. The smallest absolute Gasteiger partial charge is 0.410 e. The maximum Gasteiger partial charge on any atom is 0.410 e. The molecule has 0 N–H and O–H groups in total. The fraction of sp³-hybridized carbons (Fsp3) is 0.812. The molecule has 0 bridgehead atoms. The topological polar surface area (TPSA) is 72.9 Å². The van der Waals surface area contributed by atoms with Crippen molar-refractivity contribution >= 4 is 17.8 Å². The van der Waals surface area contributed by atoms with Crippen molar-refractivity contribution in [2.45, 2.75) is 65.6 Å². The van der Waals surface area contributed by atoms with Crippen LogP contribution in [0.4, 0.5) is 4.79 Å². The Hall–Kier alpha value is -1.59. The lowest BCUT2D eigenvalue weighted by molar-refractivity contribution is -0.157. The minimum Gasteiger partial charge on any atom is -0.460 e. The Balaban J connectivity index is 2.62. The van der Waals surface area contributed by atoms with Crippen LogP contribution in [0, 0.1) is 5.92 Å². The molecule has 1 fully saturated rings. The van der Waals surface area contributed by atoms with Crippen molar-refractivity contribution in [3.63, 3.8) is 0 Å². The van der Waals surface area contributed by atoms with Crippen molar-refractivity contribution in [2.75, 3.05) is 13.1 Å². The van der Waals surface area contributed by atoms with Gasteiger partial charge in [-0.1, -0.05) is 0 Å². The van der Waals surface area contributed by atoms with E-state index in [4.69, 9.17) is 9.47 Å². The summed E-state index contributed by atoms with van der Waals surface area (Å²) in [5.74, 6) is -0.946. The van der Waals surface area contributed by atoms with E-state index in [0.717, 1.165) is 0 Å². The average molecular weight is 313 g/mol. The van der Waals surface area contributed by atoms with E-state index in [9.17, 15) is 14.4 Å². The van der Waals surface area contributed by atoms with Crippen LogP contribution in [0.25, 0.3) is 0 Å². The van der Waals surface area contributed by atoms with Crippen LogP contribution in [0.5, 0.6) is 0 Å². The quantitative estimate of drug-likeness (QED) is 0.733. The first-order chi connectivity index (χ1) is 9.87. The van der Waals surface area contributed by atoms with Gasteiger partial charge in [-0.25, -0.2) is 4.79 Å². The summed E-state index contributed by atoms with van der Waals surface area (Å²) in [5, 5.41) is 0. The zero-order valence-electron chi connectivity index (χ0n) is 14.4. The molecule has 22 heavy (non-hydrogen) atoms. The molecule has 0 aromatic carbocycles. The van der Waals surface area contributed by atoms with Gasteiger partial charge in [-0.3, -0.25) is 9.59 Å². The number of carbonyl (C=O) groups is 3. The number of rotatable bonds is 2. The van der Waals surface area contributed by atoms with E-state index >= 15 is 0 Å². The molecule has 1 heterocycles. The summed E-state index contributed by atoms with van der Waals surface area (Å²) in [6, 6.07) is 0.